The summed E-state index contributed by atoms with van der Waals surface area (Å²) in [4.78, 5) is 13.7. The molecule has 0 aliphatic rings. The second kappa shape index (κ2) is 5.46. The molecule has 0 saturated heterocycles. The number of carbonyl (C=O) groups excluding carboxylic acids is 1. The fourth-order valence-corrected chi connectivity index (χ4v) is 1.82. The van der Waals surface area contributed by atoms with Crippen LogP contribution in [0.2, 0.25) is 0 Å². The number of amides is 1. The number of nitrogens with zero attached hydrogens (tertiary/aromatic N) is 2. The van der Waals surface area contributed by atoms with Gasteiger partial charge in [-0.1, -0.05) is 24.3 Å². The molecule has 1 heterocycles. The molecule has 1 aromatic heterocycles. The third-order valence-electron chi connectivity index (χ3n) is 2.82. The lowest BCUT2D eigenvalue weighted by atomic mass is 10.1. The Labute approximate surface area is 106 Å². The number of rotatable bonds is 4. The SMILES string of the molecule is CN(Cc1ccccc1CN)C(=O)c1ccn[nH]1. The number of aromatic nitrogens is 2. The van der Waals surface area contributed by atoms with Crippen LogP contribution in [0.15, 0.2) is 36.5 Å². The van der Waals surface area contributed by atoms with Crippen molar-refractivity contribution in [2.75, 3.05) is 7.05 Å². The van der Waals surface area contributed by atoms with Crippen molar-refractivity contribution in [2.24, 2.45) is 5.73 Å². The molecule has 0 unspecified atom stereocenters. The Morgan fingerprint density at radius 1 is 1.33 bits per heavy atom. The van der Waals surface area contributed by atoms with Gasteiger partial charge in [0.1, 0.15) is 5.69 Å². The Bertz CT molecular complexity index is 522. The van der Waals surface area contributed by atoms with E-state index in [-0.39, 0.29) is 5.91 Å². The summed E-state index contributed by atoms with van der Waals surface area (Å²) in [6.07, 6.45) is 1.56. The highest BCUT2D eigenvalue weighted by Gasteiger charge is 2.14. The molecule has 3 N–H and O–H groups in total. The van der Waals surface area contributed by atoms with Crippen LogP contribution in [0, 0.1) is 0 Å². The second-order valence-corrected chi connectivity index (χ2v) is 4.10. The van der Waals surface area contributed by atoms with Crippen molar-refractivity contribution in [1.82, 2.24) is 15.1 Å². The second-order valence-electron chi connectivity index (χ2n) is 4.10. The molecule has 94 valence electrons. The average Bonchev–Trinajstić information content (AvgIpc) is 2.92. The van der Waals surface area contributed by atoms with E-state index in [9.17, 15) is 4.79 Å². The van der Waals surface area contributed by atoms with Crippen LogP contribution in [-0.4, -0.2) is 28.1 Å². The fourth-order valence-electron chi connectivity index (χ4n) is 1.82. The summed E-state index contributed by atoms with van der Waals surface area (Å²) >= 11 is 0. The van der Waals surface area contributed by atoms with Gasteiger partial charge in [0, 0.05) is 26.3 Å². The van der Waals surface area contributed by atoms with Crippen molar-refractivity contribution in [1.29, 1.82) is 0 Å². The molecule has 5 heteroatoms. The zero-order valence-corrected chi connectivity index (χ0v) is 10.3. The Morgan fingerprint density at radius 2 is 2.06 bits per heavy atom. The summed E-state index contributed by atoms with van der Waals surface area (Å²) in [7, 11) is 1.76. The smallest absolute Gasteiger partial charge is 0.271 e. The minimum absolute atomic E-state index is 0.0840. The van der Waals surface area contributed by atoms with Gasteiger partial charge in [-0.05, 0) is 17.2 Å². The van der Waals surface area contributed by atoms with Crippen LogP contribution in [0.1, 0.15) is 21.6 Å². The fraction of sp³-hybridized carbons (Fsp3) is 0.231. The highest BCUT2D eigenvalue weighted by atomic mass is 16.2. The van der Waals surface area contributed by atoms with Crippen LogP contribution in [0.4, 0.5) is 0 Å². The number of nitrogens with two attached hydrogens (primary N) is 1. The summed E-state index contributed by atoms with van der Waals surface area (Å²) < 4.78 is 0. The lowest BCUT2D eigenvalue weighted by molar-refractivity contribution is 0.0779. The third-order valence-corrected chi connectivity index (χ3v) is 2.82. The van der Waals surface area contributed by atoms with Crippen LogP contribution >= 0.6 is 0 Å². The maximum absolute atomic E-state index is 12.0. The summed E-state index contributed by atoms with van der Waals surface area (Å²) in [5.41, 5.74) is 8.29. The maximum atomic E-state index is 12.0. The number of carbonyl (C=O) groups is 1. The van der Waals surface area contributed by atoms with Crippen molar-refractivity contribution in [2.45, 2.75) is 13.1 Å². The minimum atomic E-state index is -0.0840. The van der Waals surface area contributed by atoms with E-state index in [4.69, 9.17) is 5.73 Å². The largest absolute Gasteiger partial charge is 0.336 e. The van der Waals surface area contributed by atoms with E-state index in [1.54, 1.807) is 24.2 Å². The van der Waals surface area contributed by atoms with E-state index < -0.39 is 0 Å². The van der Waals surface area contributed by atoms with E-state index in [2.05, 4.69) is 10.2 Å². The van der Waals surface area contributed by atoms with Gasteiger partial charge >= 0.3 is 0 Å². The first kappa shape index (κ1) is 12.3. The van der Waals surface area contributed by atoms with Gasteiger partial charge in [0.05, 0.1) is 0 Å². The first-order valence-corrected chi connectivity index (χ1v) is 5.74. The molecule has 0 bridgehead atoms. The molecular formula is C13H16N4O. The molecular weight excluding hydrogens is 228 g/mol. The molecule has 18 heavy (non-hydrogen) atoms. The Morgan fingerprint density at radius 3 is 2.67 bits per heavy atom. The normalized spacial score (nSPS) is 10.3. The van der Waals surface area contributed by atoms with E-state index >= 15 is 0 Å². The van der Waals surface area contributed by atoms with E-state index in [0.29, 0.717) is 18.8 Å². The molecule has 0 saturated carbocycles. The molecule has 0 radical (unpaired) electrons. The molecule has 5 nitrogen and oxygen atoms in total. The predicted molar refractivity (Wildman–Crippen MR) is 68.7 cm³/mol. The highest BCUT2D eigenvalue weighted by molar-refractivity contribution is 5.91. The Balaban J connectivity index is 2.11. The van der Waals surface area contributed by atoms with Gasteiger partial charge in [0.2, 0.25) is 0 Å². The van der Waals surface area contributed by atoms with E-state index in [1.807, 2.05) is 24.3 Å². The number of aromatic amines is 1. The molecule has 0 aliphatic carbocycles. The lowest BCUT2D eigenvalue weighted by Gasteiger charge is -2.18. The van der Waals surface area contributed by atoms with Gasteiger partial charge in [0.15, 0.2) is 0 Å². The number of hydrogen-bond donors (Lipinski definition) is 2. The third kappa shape index (κ3) is 2.57. The van der Waals surface area contributed by atoms with Gasteiger partial charge in [0.25, 0.3) is 5.91 Å². The van der Waals surface area contributed by atoms with Gasteiger partial charge in [-0.15, -0.1) is 0 Å². The summed E-state index contributed by atoms with van der Waals surface area (Å²) in [5, 5.41) is 6.44. The van der Waals surface area contributed by atoms with Gasteiger partial charge < -0.3 is 10.6 Å². The molecule has 0 fully saturated rings. The van der Waals surface area contributed by atoms with E-state index in [1.165, 1.54) is 0 Å². The number of H-pyrrole nitrogens is 1. The Hall–Kier alpha value is -2.14. The molecule has 1 amide bonds. The van der Waals surface area contributed by atoms with Crippen LogP contribution in [0.25, 0.3) is 0 Å². The predicted octanol–water partition coefficient (Wildman–Crippen LogP) is 1.14. The number of benzene rings is 1. The standard InChI is InChI=1S/C13H16N4O/c1-17(13(18)12-6-7-15-16-12)9-11-5-3-2-4-10(11)8-14/h2-7H,8-9,14H2,1H3,(H,15,16). The minimum Gasteiger partial charge on any atom is -0.336 e. The first-order valence-electron chi connectivity index (χ1n) is 5.74. The quantitative estimate of drug-likeness (QED) is 0.847. The van der Waals surface area contributed by atoms with Gasteiger partial charge in [-0.3, -0.25) is 9.89 Å². The number of hydrogen-bond acceptors (Lipinski definition) is 3. The topological polar surface area (TPSA) is 75.0 Å². The lowest BCUT2D eigenvalue weighted by Crippen LogP contribution is -2.27. The molecule has 2 rings (SSSR count). The van der Waals surface area contributed by atoms with Crippen LogP contribution in [0.3, 0.4) is 0 Å². The van der Waals surface area contributed by atoms with Crippen molar-refractivity contribution >= 4 is 5.91 Å². The van der Waals surface area contributed by atoms with Crippen molar-refractivity contribution in [3.63, 3.8) is 0 Å². The summed E-state index contributed by atoms with van der Waals surface area (Å²) in [6, 6.07) is 9.52. The molecule has 1 aromatic carbocycles. The van der Waals surface area contributed by atoms with Crippen molar-refractivity contribution in [3.05, 3.63) is 53.3 Å². The number of nitrogens with one attached hydrogen (secondary N) is 1. The Kier molecular flexibility index (Phi) is 3.74. The molecule has 0 atom stereocenters. The molecule has 0 spiro atoms. The van der Waals surface area contributed by atoms with Crippen LogP contribution in [-0.2, 0) is 13.1 Å². The zero-order valence-electron chi connectivity index (χ0n) is 10.3. The first-order chi connectivity index (χ1) is 8.72. The summed E-state index contributed by atoms with van der Waals surface area (Å²) in [5.74, 6) is -0.0840. The van der Waals surface area contributed by atoms with Crippen molar-refractivity contribution < 1.29 is 4.79 Å². The average molecular weight is 244 g/mol. The van der Waals surface area contributed by atoms with Gasteiger partial charge in [-0.2, -0.15) is 5.10 Å². The maximum Gasteiger partial charge on any atom is 0.271 e. The van der Waals surface area contributed by atoms with E-state index in [0.717, 1.165) is 11.1 Å². The monoisotopic (exact) mass is 244 g/mol. The zero-order chi connectivity index (χ0) is 13.0. The van der Waals surface area contributed by atoms with Gasteiger partial charge in [-0.25, -0.2) is 0 Å². The highest BCUT2D eigenvalue weighted by Crippen LogP contribution is 2.11. The van der Waals surface area contributed by atoms with Crippen molar-refractivity contribution in [3.8, 4) is 0 Å². The molecule has 2 aromatic rings. The molecule has 0 aliphatic heterocycles. The summed E-state index contributed by atoms with van der Waals surface area (Å²) in [6.45, 7) is 1.01. The van der Waals surface area contributed by atoms with Crippen LogP contribution < -0.4 is 5.73 Å². The van der Waals surface area contributed by atoms with Crippen LogP contribution in [0.5, 0.6) is 0 Å².